The second-order valence-corrected chi connectivity index (χ2v) is 6.64. The van der Waals surface area contributed by atoms with Crippen molar-refractivity contribution in [2.24, 2.45) is 0 Å². The standard InChI is InChI=1S/C23H15ClF2N2O2/c24-21-12-16(3-10-22(21)30-14-15-1-4-18(25)5-2-15)11-17(13-27)23(29)28-20-8-6-19(26)7-9-20/h1-12H,14H2,(H,28,29)/b17-11+. The monoisotopic (exact) mass is 424 g/mol. The highest BCUT2D eigenvalue weighted by molar-refractivity contribution is 6.32. The van der Waals surface area contributed by atoms with Gasteiger partial charge >= 0.3 is 0 Å². The van der Waals surface area contributed by atoms with E-state index in [2.05, 4.69) is 5.32 Å². The van der Waals surface area contributed by atoms with E-state index in [1.807, 2.05) is 6.07 Å². The van der Waals surface area contributed by atoms with Gasteiger partial charge in [-0.15, -0.1) is 0 Å². The first-order valence-electron chi connectivity index (χ1n) is 8.80. The second kappa shape index (κ2) is 9.68. The molecular formula is C23H15ClF2N2O2. The van der Waals surface area contributed by atoms with Crippen LogP contribution in [0.5, 0.6) is 5.75 Å². The van der Waals surface area contributed by atoms with Crippen LogP contribution in [0.15, 0.2) is 72.3 Å². The van der Waals surface area contributed by atoms with Crippen LogP contribution in [0.2, 0.25) is 5.02 Å². The van der Waals surface area contributed by atoms with Crippen molar-refractivity contribution in [1.82, 2.24) is 0 Å². The molecule has 0 aliphatic rings. The van der Waals surface area contributed by atoms with Crippen molar-refractivity contribution in [3.05, 3.63) is 100 Å². The van der Waals surface area contributed by atoms with Gasteiger partial charge in [0.1, 0.15) is 35.6 Å². The molecule has 0 aliphatic heterocycles. The van der Waals surface area contributed by atoms with Gasteiger partial charge in [-0.05, 0) is 65.7 Å². The Morgan fingerprint density at radius 2 is 1.67 bits per heavy atom. The molecule has 3 aromatic carbocycles. The number of benzene rings is 3. The van der Waals surface area contributed by atoms with Gasteiger partial charge in [-0.1, -0.05) is 29.8 Å². The Balaban J connectivity index is 1.69. The lowest BCUT2D eigenvalue weighted by Crippen LogP contribution is -2.13. The highest BCUT2D eigenvalue weighted by Gasteiger charge is 2.11. The van der Waals surface area contributed by atoms with Gasteiger partial charge in [-0.25, -0.2) is 8.78 Å². The Hall–Kier alpha value is -3.69. The third-order valence-electron chi connectivity index (χ3n) is 4.04. The highest BCUT2D eigenvalue weighted by atomic mass is 35.5. The lowest BCUT2D eigenvalue weighted by molar-refractivity contribution is -0.112. The number of hydrogen-bond donors (Lipinski definition) is 1. The van der Waals surface area contributed by atoms with Crippen LogP contribution in [0.3, 0.4) is 0 Å². The van der Waals surface area contributed by atoms with E-state index in [-0.39, 0.29) is 18.0 Å². The number of halogens is 3. The predicted molar refractivity (Wildman–Crippen MR) is 111 cm³/mol. The molecule has 0 saturated carbocycles. The minimum absolute atomic E-state index is 0.143. The highest BCUT2D eigenvalue weighted by Crippen LogP contribution is 2.27. The molecule has 150 valence electrons. The fourth-order valence-corrected chi connectivity index (χ4v) is 2.76. The maximum atomic E-state index is 13.0. The van der Waals surface area contributed by atoms with Gasteiger partial charge in [-0.2, -0.15) is 5.26 Å². The van der Waals surface area contributed by atoms with E-state index >= 15 is 0 Å². The minimum Gasteiger partial charge on any atom is -0.487 e. The summed E-state index contributed by atoms with van der Waals surface area (Å²) in [4.78, 5) is 12.3. The Labute approximate surface area is 177 Å². The van der Waals surface area contributed by atoms with Gasteiger partial charge in [-0.3, -0.25) is 4.79 Å². The fourth-order valence-electron chi connectivity index (χ4n) is 2.51. The van der Waals surface area contributed by atoms with Crippen molar-refractivity contribution < 1.29 is 18.3 Å². The molecule has 0 aromatic heterocycles. The maximum Gasteiger partial charge on any atom is 0.266 e. The van der Waals surface area contributed by atoms with Crippen molar-refractivity contribution in [3.8, 4) is 11.8 Å². The molecule has 7 heteroatoms. The van der Waals surface area contributed by atoms with Crippen molar-refractivity contribution in [3.63, 3.8) is 0 Å². The first kappa shape index (κ1) is 21.0. The lowest BCUT2D eigenvalue weighted by atomic mass is 10.1. The van der Waals surface area contributed by atoms with E-state index < -0.39 is 11.7 Å². The lowest BCUT2D eigenvalue weighted by Gasteiger charge is -2.09. The molecule has 0 fully saturated rings. The predicted octanol–water partition coefficient (Wildman–Crippen LogP) is 5.74. The molecule has 0 atom stereocenters. The number of rotatable bonds is 6. The molecule has 0 saturated heterocycles. The zero-order valence-electron chi connectivity index (χ0n) is 15.5. The van der Waals surface area contributed by atoms with Gasteiger partial charge in [0.2, 0.25) is 0 Å². The van der Waals surface area contributed by atoms with E-state index in [9.17, 15) is 18.8 Å². The quantitative estimate of drug-likeness (QED) is 0.405. The summed E-state index contributed by atoms with van der Waals surface area (Å²) in [5.74, 6) is -0.977. The van der Waals surface area contributed by atoms with Crippen LogP contribution in [-0.2, 0) is 11.4 Å². The van der Waals surface area contributed by atoms with Crippen LogP contribution in [0.1, 0.15) is 11.1 Å². The third kappa shape index (κ3) is 5.66. The molecule has 0 radical (unpaired) electrons. The first-order valence-corrected chi connectivity index (χ1v) is 9.18. The van der Waals surface area contributed by atoms with E-state index in [0.29, 0.717) is 22.0 Å². The van der Waals surface area contributed by atoms with Gasteiger partial charge in [0.15, 0.2) is 0 Å². The molecule has 0 spiro atoms. The number of carbonyl (C=O) groups excluding carboxylic acids is 1. The topological polar surface area (TPSA) is 62.1 Å². The first-order chi connectivity index (χ1) is 14.4. The van der Waals surface area contributed by atoms with Crippen molar-refractivity contribution >= 4 is 29.3 Å². The molecule has 3 rings (SSSR count). The van der Waals surface area contributed by atoms with Crippen LogP contribution in [0, 0.1) is 23.0 Å². The number of nitrogens with one attached hydrogen (secondary N) is 1. The van der Waals surface area contributed by atoms with Gasteiger partial charge in [0.25, 0.3) is 5.91 Å². The zero-order valence-corrected chi connectivity index (χ0v) is 16.3. The number of ether oxygens (including phenoxy) is 1. The Morgan fingerprint density at radius 1 is 1.03 bits per heavy atom. The number of nitriles is 1. The second-order valence-electron chi connectivity index (χ2n) is 6.24. The molecule has 0 unspecified atom stereocenters. The number of nitrogens with zero attached hydrogens (tertiary/aromatic N) is 1. The van der Waals surface area contributed by atoms with Crippen LogP contribution >= 0.6 is 11.6 Å². The van der Waals surface area contributed by atoms with Crippen LogP contribution in [-0.4, -0.2) is 5.91 Å². The number of hydrogen-bond acceptors (Lipinski definition) is 3. The fraction of sp³-hybridized carbons (Fsp3) is 0.0435. The average molecular weight is 425 g/mol. The summed E-state index contributed by atoms with van der Waals surface area (Å²) in [5, 5.41) is 12.1. The van der Waals surface area contributed by atoms with Gasteiger partial charge in [0, 0.05) is 5.69 Å². The van der Waals surface area contributed by atoms with E-state index in [4.69, 9.17) is 16.3 Å². The maximum absolute atomic E-state index is 13.0. The number of amides is 1. The summed E-state index contributed by atoms with van der Waals surface area (Å²) in [5.41, 5.74) is 1.53. The van der Waals surface area contributed by atoms with Crippen molar-refractivity contribution in [2.75, 3.05) is 5.32 Å². The van der Waals surface area contributed by atoms with E-state index in [1.54, 1.807) is 30.3 Å². The molecule has 0 heterocycles. The summed E-state index contributed by atoms with van der Waals surface area (Å²) >= 11 is 6.24. The number of anilines is 1. The van der Waals surface area contributed by atoms with Crippen molar-refractivity contribution in [2.45, 2.75) is 6.61 Å². The van der Waals surface area contributed by atoms with Crippen molar-refractivity contribution in [1.29, 1.82) is 5.26 Å². The average Bonchev–Trinajstić information content (AvgIpc) is 2.74. The smallest absolute Gasteiger partial charge is 0.266 e. The molecular weight excluding hydrogens is 410 g/mol. The van der Waals surface area contributed by atoms with Crippen LogP contribution in [0.4, 0.5) is 14.5 Å². The van der Waals surface area contributed by atoms with Gasteiger partial charge in [0.05, 0.1) is 5.02 Å². The summed E-state index contributed by atoms with van der Waals surface area (Å²) in [6.45, 7) is 0.207. The molecule has 1 N–H and O–H groups in total. The summed E-state index contributed by atoms with van der Waals surface area (Å²) < 4.78 is 31.5. The number of carbonyl (C=O) groups is 1. The van der Waals surface area contributed by atoms with Crippen LogP contribution < -0.4 is 10.1 Å². The van der Waals surface area contributed by atoms with E-state index in [0.717, 1.165) is 5.56 Å². The van der Waals surface area contributed by atoms with Crippen LogP contribution in [0.25, 0.3) is 6.08 Å². The Morgan fingerprint density at radius 3 is 2.27 bits per heavy atom. The van der Waals surface area contributed by atoms with E-state index in [1.165, 1.54) is 42.5 Å². The molecule has 30 heavy (non-hydrogen) atoms. The summed E-state index contributed by atoms with van der Waals surface area (Å²) in [7, 11) is 0. The minimum atomic E-state index is -0.628. The molecule has 3 aromatic rings. The third-order valence-corrected chi connectivity index (χ3v) is 4.34. The zero-order chi connectivity index (χ0) is 21.5. The Kier molecular flexibility index (Phi) is 6.79. The normalized spacial score (nSPS) is 10.9. The molecule has 0 aliphatic carbocycles. The Bertz CT molecular complexity index is 1120. The largest absolute Gasteiger partial charge is 0.487 e. The molecule has 1 amide bonds. The summed E-state index contributed by atoms with van der Waals surface area (Å²) in [6.07, 6.45) is 1.38. The van der Waals surface area contributed by atoms with Gasteiger partial charge < -0.3 is 10.1 Å². The molecule has 4 nitrogen and oxygen atoms in total. The molecule has 0 bridgehead atoms. The summed E-state index contributed by atoms with van der Waals surface area (Å²) in [6, 6.07) is 17.8. The SMILES string of the molecule is N#C/C(=C\c1ccc(OCc2ccc(F)cc2)c(Cl)c1)C(=O)Nc1ccc(F)cc1.